The molecule has 0 saturated carbocycles. The standard InChI is InChI=1S/C10H8F12I2/c11-5(12,1-3-23)7(15,16)9(19,20)10(21,22)8(17,18)6(13,14)2-4-24/h1-4H2. The molecule has 0 spiro atoms. The van der Waals surface area contributed by atoms with E-state index in [1.807, 2.05) is 0 Å². The van der Waals surface area contributed by atoms with Crippen molar-refractivity contribution < 1.29 is 52.7 Å². The van der Waals surface area contributed by atoms with Gasteiger partial charge in [0.15, 0.2) is 0 Å². The fourth-order valence-electron chi connectivity index (χ4n) is 1.41. The molecular weight excluding hydrogens is 602 g/mol. The molecule has 0 aliphatic rings. The Morgan fingerprint density at radius 3 is 0.792 bits per heavy atom. The van der Waals surface area contributed by atoms with E-state index in [2.05, 4.69) is 0 Å². The van der Waals surface area contributed by atoms with Crippen molar-refractivity contribution in [3.8, 4) is 0 Å². The van der Waals surface area contributed by atoms with Gasteiger partial charge in [-0.3, -0.25) is 0 Å². The molecule has 146 valence electrons. The summed E-state index contributed by atoms with van der Waals surface area (Å²) >= 11 is 2.05. The van der Waals surface area contributed by atoms with Crippen molar-refractivity contribution in [2.45, 2.75) is 48.4 Å². The maximum atomic E-state index is 13.3. The van der Waals surface area contributed by atoms with Gasteiger partial charge < -0.3 is 0 Å². The summed E-state index contributed by atoms with van der Waals surface area (Å²) in [5.41, 5.74) is 0. The summed E-state index contributed by atoms with van der Waals surface area (Å²) in [7, 11) is 0. The zero-order chi connectivity index (χ0) is 19.8. The maximum absolute atomic E-state index is 13.3. The highest BCUT2D eigenvalue weighted by Crippen LogP contribution is 2.60. The molecule has 0 radical (unpaired) electrons. The van der Waals surface area contributed by atoms with E-state index in [1.54, 1.807) is 0 Å². The second-order valence-corrected chi connectivity index (χ2v) is 6.74. The first-order chi connectivity index (χ1) is 10.4. The predicted octanol–water partition coefficient (Wildman–Crippen LogP) is 6.45. The lowest BCUT2D eigenvalue weighted by Gasteiger charge is -2.41. The lowest BCUT2D eigenvalue weighted by Crippen LogP contribution is -2.70. The van der Waals surface area contributed by atoms with Crippen LogP contribution in [-0.4, -0.2) is 44.4 Å². The van der Waals surface area contributed by atoms with Gasteiger partial charge in [0.05, 0.1) is 0 Å². The Balaban J connectivity index is 6.16. The van der Waals surface area contributed by atoms with E-state index in [-0.39, 0.29) is 0 Å². The van der Waals surface area contributed by atoms with Crippen LogP contribution in [0.2, 0.25) is 0 Å². The van der Waals surface area contributed by atoms with Gasteiger partial charge in [0.1, 0.15) is 0 Å². The van der Waals surface area contributed by atoms with Crippen LogP contribution in [0.1, 0.15) is 12.8 Å². The average Bonchev–Trinajstić information content (AvgIpc) is 2.37. The van der Waals surface area contributed by atoms with Gasteiger partial charge in [-0.1, -0.05) is 45.2 Å². The smallest absolute Gasteiger partial charge is 0.200 e. The van der Waals surface area contributed by atoms with Crippen molar-refractivity contribution in [3.63, 3.8) is 0 Å². The molecule has 0 atom stereocenters. The van der Waals surface area contributed by atoms with Gasteiger partial charge in [0.2, 0.25) is 0 Å². The summed E-state index contributed by atoms with van der Waals surface area (Å²) < 4.78 is 156. The SMILES string of the molecule is FC(F)(CCI)C(F)(F)C(F)(F)C(F)(F)C(F)(F)C(F)(F)CCI. The number of hydrogen-bond donors (Lipinski definition) is 0. The van der Waals surface area contributed by atoms with Crippen LogP contribution in [-0.2, 0) is 0 Å². The third-order valence-electron chi connectivity index (χ3n) is 2.92. The van der Waals surface area contributed by atoms with E-state index < -0.39 is 57.2 Å². The Morgan fingerprint density at radius 1 is 0.417 bits per heavy atom. The average molecular weight is 610 g/mol. The summed E-state index contributed by atoms with van der Waals surface area (Å²) in [4.78, 5) is 0. The van der Waals surface area contributed by atoms with Crippen molar-refractivity contribution in [2.75, 3.05) is 8.86 Å². The van der Waals surface area contributed by atoms with Crippen molar-refractivity contribution in [1.82, 2.24) is 0 Å². The van der Waals surface area contributed by atoms with E-state index >= 15 is 0 Å². The first-order valence-electron chi connectivity index (χ1n) is 5.76. The van der Waals surface area contributed by atoms with Crippen molar-refractivity contribution in [2.24, 2.45) is 0 Å². The summed E-state index contributed by atoms with van der Waals surface area (Å²) in [5.74, 6) is -40.5. The van der Waals surface area contributed by atoms with E-state index in [4.69, 9.17) is 0 Å². The van der Waals surface area contributed by atoms with E-state index in [0.29, 0.717) is 0 Å². The largest absolute Gasteiger partial charge is 0.384 e. The summed E-state index contributed by atoms with van der Waals surface area (Å²) in [6.45, 7) is 0. The first kappa shape index (κ1) is 24.6. The van der Waals surface area contributed by atoms with Crippen molar-refractivity contribution >= 4 is 45.2 Å². The lowest BCUT2D eigenvalue weighted by molar-refractivity contribution is -0.424. The first-order valence-corrected chi connectivity index (χ1v) is 8.81. The molecule has 0 amide bonds. The third kappa shape index (κ3) is 3.68. The quantitative estimate of drug-likeness (QED) is 0.160. The zero-order valence-electron chi connectivity index (χ0n) is 11.1. The molecule has 0 fully saturated rings. The Morgan fingerprint density at radius 2 is 0.625 bits per heavy atom. The number of halogens is 14. The fourth-order valence-corrected chi connectivity index (χ4v) is 2.76. The second kappa shape index (κ2) is 7.32. The molecule has 0 unspecified atom stereocenters. The zero-order valence-corrected chi connectivity index (χ0v) is 15.4. The Hall–Kier alpha value is 0.620. The van der Waals surface area contributed by atoms with Crippen molar-refractivity contribution in [1.29, 1.82) is 0 Å². The minimum Gasteiger partial charge on any atom is -0.200 e. The highest BCUT2D eigenvalue weighted by atomic mass is 127. The molecule has 0 aromatic rings. The number of hydrogen-bond acceptors (Lipinski definition) is 0. The van der Waals surface area contributed by atoms with E-state index in [9.17, 15) is 52.7 Å². The topological polar surface area (TPSA) is 0 Å². The fraction of sp³-hybridized carbons (Fsp3) is 1.00. The van der Waals surface area contributed by atoms with Crippen LogP contribution in [0.15, 0.2) is 0 Å². The Bertz CT molecular complexity index is 394. The summed E-state index contributed by atoms with van der Waals surface area (Å²) in [5, 5.41) is 0. The second-order valence-electron chi connectivity index (χ2n) is 4.58. The molecule has 24 heavy (non-hydrogen) atoms. The molecule has 0 aliphatic heterocycles. The van der Waals surface area contributed by atoms with Gasteiger partial charge in [-0.2, -0.15) is 52.7 Å². The van der Waals surface area contributed by atoms with Crippen LogP contribution in [0, 0.1) is 0 Å². The molecule has 0 aliphatic carbocycles. The van der Waals surface area contributed by atoms with Crippen LogP contribution < -0.4 is 0 Å². The van der Waals surface area contributed by atoms with Gasteiger partial charge >= 0.3 is 35.5 Å². The van der Waals surface area contributed by atoms with Gasteiger partial charge in [-0.05, 0) is 0 Å². The number of alkyl halides is 14. The van der Waals surface area contributed by atoms with Crippen molar-refractivity contribution in [3.05, 3.63) is 0 Å². The molecule has 0 aromatic carbocycles. The van der Waals surface area contributed by atoms with Gasteiger partial charge in [-0.25, -0.2) is 0 Å². The molecule has 0 N–H and O–H groups in total. The third-order valence-corrected chi connectivity index (χ3v) is 4.00. The van der Waals surface area contributed by atoms with E-state index in [0.717, 1.165) is 45.2 Å². The van der Waals surface area contributed by atoms with Gasteiger partial charge in [0.25, 0.3) is 0 Å². The minimum atomic E-state index is -7.44. The van der Waals surface area contributed by atoms with Crippen LogP contribution in [0.5, 0.6) is 0 Å². The molecular formula is C10H8F12I2. The normalized spacial score (nSPS) is 15.8. The molecule has 0 heterocycles. The summed E-state index contributed by atoms with van der Waals surface area (Å²) in [6, 6.07) is 0. The predicted molar refractivity (Wildman–Crippen MR) is 76.7 cm³/mol. The highest BCUT2D eigenvalue weighted by Gasteiger charge is 2.89. The minimum absolute atomic E-state index is 0.913. The van der Waals surface area contributed by atoms with Gasteiger partial charge in [0, 0.05) is 21.7 Å². The van der Waals surface area contributed by atoms with Crippen LogP contribution in [0.3, 0.4) is 0 Å². The molecule has 0 saturated heterocycles. The molecule has 0 nitrogen and oxygen atoms in total. The summed E-state index contributed by atoms with van der Waals surface area (Å²) in [6.07, 6.45) is -4.11. The van der Waals surface area contributed by atoms with Crippen LogP contribution in [0.25, 0.3) is 0 Å². The highest BCUT2D eigenvalue weighted by molar-refractivity contribution is 14.1. The maximum Gasteiger partial charge on any atom is 0.384 e. The van der Waals surface area contributed by atoms with E-state index in [1.165, 1.54) is 0 Å². The Kier molecular flexibility index (Phi) is 7.51. The number of rotatable bonds is 9. The molecule has 0 bridgehead atoms. The Labute approximate surface area is 155 Å². The van der Waals surface area contributed by atoms with Crippen LogP contribution in [0.4, 0.5) is 52.7 Å². The monoisotopic (exact) mass is 610 g/mol. The van der Waals surface area contributed by atoms with Gasteiger partial charge in [-0.15, -0.1) is 0 Å². The molecule has 14 heteroatoms. The van der Waals surface area contributed by atoms with Crippen LogP contribution >= 0.6 is 45.2 Å². The molecule has 0 rings (SSSR count). The lowest BCUT2D eigenvalue weighted by atomic mass is 9.90. The molecule has 0 aromatic heterocycles.